The van der Waals surface area contributed by atoms with E-state index < -0.39 is 42.4 Å². The molecule has 1 aromatic carbocycles. The SMILES string of the molecule is O=C(CN1CN(c2cccc(F)c2)C2(CCN(C(=O)c3cnc4[nH]ncc4c3)CC2)C1=O)NCC(F)(F)F. The number of H-pyrrole nitrogens is 1. The van der Waals surface area contributed by atoms with Gasteiger partial charge in [0.25, 0.3) is 11.8 Å². The van der Waals surface area contributed by atoms with E-state index in [1.165, 1.54) is 24.4 Å². The number of likely N-dealkylation sites (tertiary alicyclic amines) is 1. The third kappa shape index (κ3) is 4.85. The van der Waals surface area contributed by atoms with E-state index in [1.807, 2.05) is 0 Å². The van der Waals surface area contributed by atoms with E-state index in [1.54, 1.807) is 33.4 Å². The first-order chi connectivity index (χ1) is 18.1. The van der Waals surface area contributed by atoms with Gasteiger partial charge in [-0.2, -0.15) is 18.3 Å². The first-order valence-corrected chi connectivity index (χ1v) is 11.8. The number of carbonyl (C=O) groups is 3. The summed E-state index contributed by atoms with van der Waals surface area (Å²) in [4.78, 5) is 47.6. The highest BCUT2D eigenvalue weighted by Crippen LogP contribution is 2.40. The Hall–Kier alpha value is -4.23. The number of anilines is 1. The maximum Gasteiger partial charge on any atom is 0.405 e. The molecular formula is C24H23F4N7O3. The lowest BCUT2D eigenvalue weighted by molar-refractivity contribution is -0.142. The van der Waals surface area contributed by atoms with E-state index in [0.29, 0.717) is 22.3 Å². The number of aromatic amines is 1. The maximum atomic E-state index is 14.1. The van der Waals surface area contributed by atoms with Crippen LogP contribution in [0.4, 0.5) is 23.2 Å². The summed E-state index contributed by atoms with van der Waals surface area (Å²) >= 11 is 0. The summed E-state index contributed by atoms with van der Waals surface area (Å²) in [7, 11) is 0. The largest absolute Gasteiger partial charge is 0.405 e. The normalized spacial score (nSPS) is 17.5. The van der Waals surface area contributed by atoms with Gasteiger partial charge in [-0.05, 0) is 37.1 Å². The number of nitrogens with zero attached hydrogens (tertiary/aromatic N) is 5. The highest BCUT2D eigenvalue weighted by Gasteiger charge is 2.54. The first-order valence-electron chi connectivity index (χ1n) is 11.8. The molecule has 5 rings (SSSR count). The smallest absolute Gasteiger partial charge is 0.345 e. The lowest BCUT2D eigenvalue weighted by Gasteiger charge is -2.43. The van der Waals surface area contributed by atoms with Crippen LogP contribution in [0, 0.1) is 5.82 Å². The molecule has 200 valence electrons. The standard InChI is InChI=1S/C24H23F4N7O3/c25-17-2-1-3-18(9-17)35-14-34(12-19(36)30-13-24(26,27)28)22(38)23(35)4-6-33(7-5-23)21(37)16-8-15-11-31-32-20(15)29-10-16/h1-3,8-11H,4-7,12-14H2,(H,30,36)(H,29,31,32). The summed E-state index contributed by atoms with van der Waals surface area (Å²) in [6.07, 6.45) is -1.24. The number of aromatic nitrogens is 3. The summed E-state index contributed by atoms with van der Waals surface area (Å²) in [5, 5.41) is 9.06. The van der Waals surface area contributed by atoms with E-state index in [4.69, 9.17) is 0 Å². The summed E-state index contributed by atoms with van der Waals surface area (Å²) in [6.45, 7) is -1.83. The molecule has 38 heavy (non-hydrogen) atoms. The molecule has 0 aliphatic carbocycles. The van der Waals surface area contributed by atoms with Crippen LogP contribution in [-0.4, -0.2) is 87.3 Å². The minimum absolute atomic E-state index is 0.114. The van der Waals surface area contributed by atoms with E-state index >= 15 is 0 Å². The molecule has 2 fully saturated rings. The zero-order valence-electron chi connectivity index (χ0n) is 20.0. The van der Waals surface area contributed by atoms with Crippen LogP contribution in [-0.2, 0) is 9.59 Å². The van der Waals surface area contributed by atoms with Crippen LogP contribution in [0.3, 0.4) is 0 Å². The van der Waals surface area contributed by atoms with Gasteiger partial charge in [-0.1, -0.05) is 6.07 Å². The molecule has 1 spiro atoms. The summed E-state index contributed by atoms with van der Waals surface area (Å²) in [5.41, 5.74) is 0.103. The molecule has 2 aliphatic heterocycles. The third-order valence-electron chi connectivity index (χ3n) is 6.87. The fourth-order valence-electron chi connectivity index (χ4n) is 5.00. The first kappa shape index (κ1) is 25.4. The minimum atomic E-state index is -4.59. The van der Waals surface area contributed by atoms with E-state index in [0.717, 1.165) is 4.90 Å². The van der Waals surface area contributed by atoms with Crippen molar-refractivity contribution in [3.63, 3.8) is 0 Å². The van der Waals surface area contributed by atoms with Crippen LogP contribution < -0.4 is 10.2 Å². The van der Waals surface area contributed by atoms with Crippen molar-refractivity contribution in [2.75, 3.05) is 37.7 Å². The van der Waals surface area contributed by atoms with Gasteiger partial charge in [-0.3, -0.25) is 19.5 Å². The average molecular weight is 533 g/mol. The third-order valence-corrected chi connectivity index (χ3v) is 6.87. The summed E-state index contributed by atoms with van der Waals surface area (Å²) < 4.78 is 51.6. The van der Waals surface area contributed by atoms with Crippen LogP contribution >= 0.6 is 0 Å². The second kappa shape index (κ2) is 9.58. The number of benzene rings is 1. The molecule has 2 aromatic heterocycles. The van der Waals surface area contributed by atoms with Crippen LogP contribution in [0.25, 0.3) is 11.0 Å². The number of halogens is 4. The van der Waals surface area contributed by atoms with Gasteiger partial charge in [0.05, 0.1) is 18.4 Å². The zero-order valence-corrected chi connectivity index (χ0v) is 20.0. The van der Waals surface area contributed by atoms with Crippen molar-refractivity contribution < 1.29 is 31.9 Å². The quantitative estimate of drug-likeness (QED) is 0.486. The number of rotatable bonds is 5. The van der Waals surface area contributed by atoms with Gasteiger partial charge in [0, 0.05) is 30.4 Å². The van der Waals surface area contributed by atoms with E-state index in [9.17, 15) is 31.9 Å². The molecule has 3 aromatic rings. The molecule has 10 nitrogen and oxygen atoms in total. The van der Waals surface area contributed by atoms with Gasteiger partial charge < -0.3 is 20.0 Å². The number of fused-ring (bicyclic) bond motifs is 1. The molecule has 0 atom stereocenters. The van der Waals surface area contributed by atoms with Crippen molar-refractivity contribution in [1.29, 1.82) is 0 Å². The Morgan fingerprint density at radius 2 is 1.89 bits per heavy atom. The number of hydrogen-bond donors (Lipinski definition) is 2. The van der Waals surface area contributed by atoms with Crippen molar-refractivity contribution >= 4 is 34.4 Å². The molecule has 14 heteroatoms. The van der Waals surface area contributed by atoms with Crippen LogP contribution in [0.1, 0.15) is 23.2 Å². The van der Waals surface area contributed by atoms with Crippen LogP contribution in [0.2, 0.25) is 0 Å². The predicted octanol–water partition coefficient (Wildman–Crippen LogP) is 2.06. The number of amides is 3. The van der Waals surface area contributed by atoms with Crippen molar-refractivity contribution in [3.05, 3.63) is 54.1 Å². The molecular weight excluding hydrogens is 510 g/mol. The molecule has 0 unspecified atom stereocenters. The number of piperidine rings is 1. The average Bonchev–Trinajstić information content (AvgIpc) is 3.46. The molecule has 0 bridgehead atoms. The van der Waals surface area contributed by atoms with Crippen molar-refractivity contribution in [2.45, 2.75) is 24.6 Å². The highest BCUT2D eigenvalue weighted by atomic mass is 19.4. The Morgan fingerprint density at radius 3 is 2.61 bits per heavy atom. The number of carbonyl (C=O) groups excluding carboxylic acids is 3. The number of nitrogens with one attached hydrogen (secondary N) is 2. The fraction of sp³-hybridized carbons (Fsp3) is 0.375. The van der Waals surface area contributed by atoms with E-state index in [-0.39, 0.29) is 38.5 Å². The Balaban J connectivity index is 1.35. The monoisotopic (exact) mass is 533 g/mol. The highest BCUT2D eigenvalue weighted by molar-refractivity contribution is 5.98. The Labute approximate surface area is 213 Å². The zero-order chi connectivity index (χ0) is 27.1. The molecule has 4 heterocycles. The number of pyridine rings is 1. The van der Waals surface area contributed by atoms with Crippen LogP contribution in [0.15, 0.2) is 42.7 Å². The molecule has 0 saturated carbocycles. The van der Waals surface area contributed by atoms with Gasteiger partial charge >= 0.3 is 6.18 Å². The maximum absolute atomic E-state index is 14.1. The van der Waals surface area contributed by atoms with Gasteiger partial charge in [0.2, 0.25) is 5.91 Å². The van der Waals surface area contributed by atoms with Gasteiger partial charge in [0.15, 0.2) is 5.65 Å². The Bertz CT molecular complexity index is 1380. The van der Waals surface area contributed by atoms with Crippen LogP contribution in [0.5, 0.6) is 0 Å². The molecule has 3 amide bonds. The number of alkyl halides is 3. The summed E-state index contributed by atoms with van der Waals surface area (Å²) in [5.74, 6) is -2.22. The molecule has 0 radical (unpaired) electrons. The van der Waals surface area contributed by atoms with E-state index in [2.05, 4.69) is 15.2 Å². The molecule has 2 aliphatic rings. The van der Waals surface area contributed by atoms with Gasteiger partial charge in [-0.25, -0.2) is 9.37 Å². The topological polar surface area (TPSA) is 115 Å². The fourth-order valence-corrected chi connectivity index (χ4v) is 5.00. The second-order valence-electron chi connectivity index (χ2n) is 9.30. The van der Waals surface area contributed by atoms with Crippen molar-refractivity contribution in [3.8, 4) is 0 Å². The number of hydrogen-bond acceptors (Lipinski definition) is 6. The Kier molecular flexibility index (Phi) is 6.41. The van der Waals surface area contributed by atoms with Crippen molar-refractivity contribution in [2.24, 2.45) is 0 Å². The molecule has 2 saturated heterocycles. The Morgan fingerprint density at radius 1 is 1.13 bits per heavy atom. The van der Waals surface area contributed by atoms with Gasteiger partial charge in [-0.15, -0.1) is 0 Å². The lowest BCUT2D eigenvalue weighted by Crippen LogP contribution is -2.57. The second-order valence-corrected chi connectivity index (χ2v) is 9.30. The van der Waals surface area contributed by atoms with Crippen molar-refractivity contribution in [1.82, 2.24) is 30.3 Å². The lowest BCUT2D eigenvalue weighted by atomic mass is 9.85. The molecule has 2 N–H and O–H groups in total. The predicted molar refractivity (Wildman–Crippen MR) is 126 cm³/mol. The minimum Gasteiger partial charge on any atom is -0.345 e. The van der Waals surface area contributed by atoms with Gasteiger partial charge in [0.1, 0.15) is 24.4 Å². The summed E-state index contributed by atoms with van der Waals surface area (Å²) in [6, 6.07) is 7.28.